The Morgan fingerprint density at radius 1 is 1.21 bits per heavy atom. The number of likely N-dealkylation sites (tertiary alicyclic amines) is 1. The lowest BCUT2D eigenvalue weighted by Gasteiger charge is -2.49. The topological polar surface area (TPSA) is 64.6 Å². The van der Waals surface area contributed by atoms with Crippen LogP contribution in [0.2, 0.25) is 0 Å². The molecule has 2 heterocycles. The van der Waals surface area contributed by atoms with Crippen LogP contribution < -0.4 is 10.6 Å². The van der Waals surface area contributed by atoms with Gasteiger partial charge in [0.05, 0.1) is 30.0 Å². The van der Waals surface area contributed by atoms with Gasteiger partial charge >= 0.3 is 0 Å². The number of rotatable bonds is 4. The lowest BCUT2D eigenvalue weighted by Crippen LogP contribution is -2.70. The smallest absolute Gasteiger partial charge is 0.256 e. The molecule has 4 rings (SSSR count). The van der Waals surface area contributed by atoms with Crippen LogP contribution in [0, 0.1) is 21.0 Å². The van der Waals surface area contributed by atoms with Crippen molar-refractivity contribution >= 4 is 39.9 Å². The average Bonchev–Trinajstić information content (AvgIpc) is 3.19. The number of aliphatic hydroxyl groups is 1. The minimum atomic E-state index is -1.26. The van der Waals surface area contributed by atoms with Crippen LogP contribution >= 0.6 is 22.6 Å². The molecule has 2 aromatic carbocycles. The minimum Gasteiger partial charge on any atom is -0.385 e. The van der Waals surface area contributed by atoms with E-state index in [1.807, 2.05) is 22.6 Å². The third-order valence-electron chi connectivity index (χ3n) is 5.44. The van der Waals surface area contributed by atoms with E-state index in [0.717, 1.165) is 25.5 Å². The molecule has 2 saturated heterocycles. The van der Waals surface area contributed by atoms with E-state index in [4.69, 9.17) is 0 Å². The Morgan fingerprint density at radius 2 is 1.97 bits per heavy atom. The highest BCUT2D eigenvalue weighted by Crippen LogP contribution is 2.34. The van der Waals surface area contributed by atoms with E-state index >= 15 is 0 Å². The van der Waals surface area contributed by atoms with Crippen LogP contribution in [0.1, 0.15) is 23.2 Å². The zero-order valence-corrected chi connectivity index (χ0v) is 17.5. The van der Waals surface area contributed by atoms with Gasteiger partial charge in [0.1, 0.15) is 11.4 Å². The number of benzene rings is 2. The summed E-state index contributed by atoms with van der Waals surface area (Å²) in [5.74, 6) is -3.61. The van der Waals surface area contributed by atoms with E-state index < -0.39 is 34.6 Å². The molecule has 1 amide bonds. The van der Waals surface area contributed by atoms with Gasteiger partial charge < -0.3 is 20.6 Å². The molecule has 0 aliphatic carbocycles. The maximum absolute atomic E-state index is 14.5. The molecular weight excluding hydrogens is 498 g/mol. The molecule has 154 valence electrons. The normalized spacial score (nSPS) is 20.4. The Labute approximate surface area is 179 Å². The maximum Gasteiger partial charge on any atom is 0.256 e. The summed E-state index contributed by atoms with van der Waals surface area (Å²) in [5, 5.41) is 16.4. The fourth-order valence-electron chi connectivity index (χ4n) is 3.87. The molecule has 1 atom stereocenters. The van der Waals surface area contributed by atoms with E-state index in [-0.39, 0.29) is 30.4 Å². The first-order valence-electron chi connectivity index (χ1n) is 9.23. The molecule has 3 N–H and O–H groups in total. The third kappa shape index (κ3) is 3.82. The molecule has 2 aromatic rings. The van der Waals surface area contributed by atoms with Gasteiger partial charge in [-0.25, -0.2) is 13.2 Å². The van der Waals surface area contributed by atoms with Gasteiger partial charge in [0.15, 0.2) is 11.6 Å². The van der Waals surface area contributed by atoms with Crippen molar-refractivity contribution in [2.75, 3.05) is 25.0 Å². The first kappa shape index (κ1) is 20.4. The summed E-state index contributed by atoms with van der Waals surface area (Å²) in [6.45, 7) is 1.01. The molecule has 2 fully saturated rings. The molecule has 5 nitrogen and oxygen atoms in total. The van der Waals surface area contributed by atoms with Crippen molar-refractivity contribution in [2.45, 2.75) is 24.5 Å². The van der Waals surface area contributed by atoms with Crippen molar-refractivity contribution in [3.63, 3.8) is 0 Å². The standard InChI is InChI=1S/C20H19F3IN3O2/c21-13-5-4-12(18(17(13)23)26-15-6-3-11(24)8-14(15)22)19(28)27-9-20(29,10-27)16-2-1-7-25-16/h3-6,8,16,25-26,29H,1-2,7,9-10H2/t16-/m1/s1. The predicted molar refractivity (Wildman–Crippen MR) is 111 cm³/mol. The van der Waals surface area contributed by atoms with E-state index in [1.54, 1.807) is 6.07 Å². The number of anilines is 2. The van der Waals surface area contributed by atoms with Gasteiger partial charge in [-0.15, -0.1) is 0 Å². The highest BCUT2D eigenvalue weighted by Gasteiger charge is 2.50. The van der Waals surface area contributed by atoms with Crippen LogP contribution in [0.4, 0.5) is 24.5 Å². The van der Waals surface area contributed by atoms with Crippen molar-refractivity contribution in [3.05, 3.63) is 56.9 Å². The highest BCUT2D eigenvalue weighted by molar-refractivity contribution is 14.1. The van der Waals surface area contributed by atoms with Crippen molar-refractivity contribution in [1.29, 1.82) is 0 Å². The van der Waals surface area contributed by atoms with Gasteiger partial charge in [-0.05, 0) is 72.3 Å². The molecule has 0 radical (unpaired) electrons. The highest BCUT2D eigenvalue weighted by atomic mass is 127. The van der Waals surface area contributed by atoms with Crippen LogP contribution in [-0.4, -0.2) is 47.2 Å². The number of halogens is 4. The number of β-amino-alcohol motifs (C(OH)–C–C–N with tert-alkyl or cyclic N) is 1. The molecule has 0 bridgehead atoms. The van der Waals surface area contributed by atoms with Crippen LogP contribution in [0.3, 0.4) is 0 Å². The van der Waals surface area contributed by atoms with Crippen molar-refractivity contribution < 1.29 is 23.1 Å². The number of carbonyl (C=O) groups is 1. The van der Waals surface area contributed by atoms with Crippen LogP contribution in [-0.2, 0) is 0 Å². The molecule has 0 saturated carbocycles. The number of carbonyl (C=O) groups excluding carboxylic acids is 1. The van der Waals surface area contributed by atoms with Crippen LogP contribution in [0.5, 0.6) is 0 Å². The first-order valence-corrected chi connectivity index (χ1v) is 10.3. The number of hydrogen-bond acceptors (Lipinski definition) is 4. The second-order valence-electron chi connectivity index (χ2n) is 7.45. The first-order chi connectivity index (χ1) is 13.8. The third-order valence-corrected chi connectivity index (χ3v) is 6.11. The summed E-state index contributed by atoms with van der Waals surface area (Å²) in [6, 6.07) is 6.18. The predicted octanol–water partition coefficient (Wildman–Crippen LogP) is 3.39. The molecule has 2 aliphatic rings. The van der Waals surface area contributed by atoms with Gasteiger partial charge in [0.25, 0.3) is 5.91 Å². The van der Waals surface area contributed by atoms with E-state index in [2.05, 4.69) is 10.6 Å². The minimum absolute atomic E-state index is 0.0702. The Morgan fingerprint density at radius 3 is 2.62 bits per heavy atom. The van der Waals surface area contributed by atoms with Gasteiger partial charge in [-0.3, -0.25) is 4.79 Å². The Kier molecular flexibility index (Phi) is 5.47. The monoisotopic (exact) mass is 517 g/mol. The SMILES string of the molecule is O=C(c1ccc(F)c(F)c1Nc1ccc(I)cc1F)N1CC(O)([C@H]2CCCN2)C1. The quantitative estimate of drug-likeness (QED) is 0.545. The molecule has 0 unspecified atom stereocenters. The number of hydrogen-bond donors (Lipinski definition) is 3. The molecule has 0 spiro atoms. The Bertz CT molecular complexity index is 960. The summed E-state index contributed by atoms with van der Waals surface area (Å²) in [7, 11) is 0. The number of nitrogens with zero attached hydrogens (tertiary/aromatic N) is 1. The summed E-state index contributed by atoms with van der Waals surface area (Å²) in [6.07, 6.45) is 1.78. The Hall–Kier alpha value is -1.85. The zero-order valence-electron chi connectivity index (χ0n) is 15.3. The zero-order chi connectivity index (χ0) is 20.8. The van der Waals surface area contributed by atoms with Gasteiger partial charge in [0.2, 0.25) is 0 Å². The van der Waals surface area contributed by atoms with Crippen molar-refractivity contribution in [2.24, 2.45) is 0 Å². The maximum atomic E-state index is 14.5. The van der Waals surface area contributed by atoms with E-state index in [1.165, 1.54) is 23.1 Å². The molecule has 0 aromatic heterocycles. The van der Waals surface area contributed by atoms with Gasteiger partial charge in [-0.1, -0.05) is 0 Å². The molecule has 2 aliphatic heterocycles. The summed E-state index contributed by atoms with van der Waals surface area (Å²) >= 11 is 1.93. The fraction of sp³-hybridized carbons (Fsp3) is 0.350. The Balaban J connectivity index is 1.59. The second kappa shape index (κ2) is 7.77. The fourth-order valence-corrected chi connectivity index (χ4v) is 4.32. The van der Waals surface area contributed by atoms with E-state index in [0.29, 0.717) is 3.57 Å². The lowest BCUT2D eigenvalue weighted by molar-refractivity contribution is -0.100. The average molecular weight is 517 g/mol. The number of amides is 1. The lowest BCUT2D eigenvalue weighted by atomic mass is 9.84. The molecular formula is C20H19F3IN3O2. The van der Waals surface area contributed by atoms with Crippen LogP contribution in [0.25, 0.3) is 0 Å². The largest absolute Gasteiger partial charge is 0.385 e. The van der Waals surface area contributed by atoms with Crippen LogP contribution in [0.15, 0.2) is 30.3 Å². The second-order valence-corrected chi connectivity index (χ2v) is 8.69. The van der Waals surface area contributed by atoms with E-state index in [9.17, 15) is 23.1 Å². The molecule has 29 heavy (non-hydrogen) atoms. The van der Waals surface area contributed by atoms with Gasteiger partial charge in [0, 0.05) is 9.61 Å². The summed E-state index contributed by atoms with van der Waals surface area (Å²) < 4.78 is 43.2. The summed E-state index contributed by atoms with van der Waals surface area (Å²) in [5.41, 5.74) is -1.65. The number of nitrogens with one attached hydrogen (secondary N) is 2. The molecule has 9 heteroatoms. The van der Waals surface area contributed by atoms with Gasteiger partial charge in [-0.2, -0.15) is 0 Å². The van der Waals surface area contributed by atoms with Crippen molar-refractivity contribution in [1.82, 2.24) is 10.2 Å². The summed E-state index contributed by atoms with van der Waals surface area (Å²) in [4.78, 5) is 14.3. The van der Waals surface area contributed by atoms with Crippen molar-refractivity contribution in [3.8, 4) is 0 Å².